The molecule has 0 aliphatic carbocycles. The summed E-state index contributed by atoms with van der Waals surface area (Å²) in [6, 6.07) is 12.1. The number of benzene rings is 2. The molecule has 0 saturated carbocycles. The van der Waals surface area contributed by atoms with Gasteiger partial charge in [0.25, 0.3) is 5.91 Å². The summed E-state index contributed by atoms with van der Waals surface area (Å²) in [6.07, 6.45) is 0. The molecule has 0 saturated heterocycles. The van der Waals surface area contributed by atoms with Gasteiger partial charge in [-0.15, -0.1) is 0 Å². The molecule has 0 heterocycles. The molecule has 0 aromatic heterocycles. The minimum Gasteiger partial charge on any atom is -0.497 e. The van der Waals surface area contributed by atoms with Crippen molar-refractivity contribution in [1.82, 2.24) is 4.72 Å². The highest BCUT2D eigenvalue weighted by Crippen LogP contribution is 2.28. The number of nitriles is 1. The van der Waals surface area contributed by atoms with Crippen molar-refractivity contribution in [3.8, 4) is 17.6 Å². The summed E-state index contributed by atoms with van der Waals surface area (Å²) < 4.78 is 41.5. The van der Waals surface area contributed by atoms with Crippen molar-refractivity contribution in [2.75, 3.05) is 32.7 Å². The lowest BCUT2D eigenvalue weighted by Gasteiger charge is -2.12. The van der Waals surface area contributed by atoms with Crippen molar-refractivity contribution in [2.24, 2.45) is 0 Å². The molecule has 0 unspecified atom stereocenters. The van der Waals surface area contributed by atoms with Crippen molar-refractivity contribution in [1.29, 1.82) is 5.26 Å². The standard InChI is InChI=1S/C19H19N3O7S/c1-27-14-7-8-16(28-2)15(9-14)22-18(23)12-29-19(24)11-21-30(25,26)17-6-4-3-5-13(17)10-20/h3-9,21H,11-12H2,1-2H3,(H,22,23). The first-order valence-electron chi connectivity index (χ1n) is 8.47. The second-order valence-electron chi connectivity index (χ2n) is 5.71. The Morgan fingerprint density at radius 2 is 1.83 bits per heavy atom. The van der Waals surface area contributed by atoms with E-state index in [1.165, 1.54) is 44.6 Å². The second-order valence-corrected chi connectivity index (χ2v) is 7.44. The summed E-state index contributed by atoms with van der Waals surface area (Å²) in [4.78, 5) is 23.6. The molecule has 2 rings (SSSR count). The van der Waals surface area contributed by atoms with Crippen LogP contribution in [0.25, 0.3) is 0 Å². The Morgan fingerprint density at radius 1 is 1.10 bits per heavy atom. The molecule has 1 amide bonds. The lowest BCUT2D eigenvalue weighted by Crippen LogP contribution is -2.32. The maximum Gasteiger partial charge on any atom is 0.321 e. The summed E-state index contributed by atoms with van der Waals surface area (Å²) in [7, 11) is -1.22. The number of nitrogens with zero attached hydrogens (tertiary/aromatic N) is 1. The number of carbonyl (C=O) groups excluding carboxylic acids is 2. The van der Waals surface area contributed by atoms with E-state index in [0.29, 0.717) is 17.2 Å². The number of carbonyl (C=O) groups is 2. The largest absolute Gasteiger partial charge is 0.497 e. The lowest BCUT2D eigenvalue weighted by atomic mass is 10.2. The van der Waals surface area contributed by atoms with Crippen LogP contribution in [0.5, 0.6) is 11.5 Å². The Balaban J connectivity index is 1.91. The van der Waals surface area contributed by atoms with Gasteiger partial charge in [-0.3, -0.25) is 9.59 Å². The van der Waals surface area contributed by atoms with Crippen LogP contribution in [0.4, 0.5) is 5.69 Å². The fraction of sp³-hybridized carbons (Fsp3) is 0.211. The van der Waals surface area contributed by atoms with Gasteiger partial charge in [0.1, 0.15) is 24.1 Å². The molecule has 2 aromatic carbocycles. The van der Waals surface area contributed by atoms with E-state index in [2.05, 4.69) is 5.32 Å². The summed E-state index contributed by atoms with van der Waals surface area (Å²) in [5.74, 6) is -0.775. The van der Waals surface area contributed by atoms with Crippen molar-refractivity contribution in [3.63, 3.8) is 0 Å². The third-order valence-electron chi connectivity index (χ3n) is 3.75. The summed E-state index contributed by atoms with van der Waals surface area (Å²) >= 11 is 0. The number of anilines is 1. The molecule has 0 fully saturated rings. The SMILES string of the molecule is COc1ccc(OC)c(NC(=O)COC(=O)CNS(=O)(=O)c2ccccc2C#N)c1. The minimum atomic E-state index is -4.11. The maximum atomic E-state index is 12.3. The molecule has 2 aromatic rings. The third-order valence-corrected chi connectivity index (χ3v) is 5.21. The van der Waals surface area contributed by atoms with Crippen molar-refractivity contribution in [3.05, 3.63) is 48.0 Å². The Morgan fingerprint density at radius 3 is 2.50 bits per heavy atom. The van der Waals surface area contributed by atoms with Gasteiger partial charge in [0, 0.05) is 6.07 Å². The van der Waals surface area contributed by atoms with Gasteiger partial charge in [0.2, 0.25) is 10.0 Å². The highest BCUT2D eigenvalue weighted by Gasteiger charge is 2.20. The first kappa shape index (κ1) is 22.7. The van der Waals surface area contributed by atoms with Crippen LogP contribution in [0, 0.1) is 11.3 Å². The van der Waals surface area contributed by atoms with E-state index in [0.717, 1.165) is 0 Å². The molecule has 0 atom stereocenters. The third kappa shape index (κ3) is 5.94. The zero-order valence-corrected chi connectivity index (χ0v) is 17.0. The average Bonchev–Trinajstić information content (AvgIpc) is 2.76. The number of nitrogens with one attached hydrogen (secondary N) is 2. The molecule has 0 bridgehead atoms. The normalized spacial score (nSPS) is 10.6. The predicted molar refractivity (Wildman–Crippen MR) is 105 cm³/mol. The summed E-state index contributed by atoms with van der Waals surface area (Å²) in [5.41, 5.74) is 0.247. The highest BCUT2D eigenvalue weighted by molar-refractivity contribution is 7.89. The van der Waals surface area contributed by atoms with Crippen LogP contribution in [0.15, 0.2) is 47.4 Å². The van der Waals surface area contributed by atoms with Crippen LogP contribution >= 0.6 is 0 Å². The fourth-order valence-electron chi connectivity index (χ4n) is 2.32. The van der Waals surface area contributed by atoms with Crippen molar-refractivity contribution in [2.45, 2.75) is 4.90 Å². The number of amides is 1. The van der Waals surface area contributed by atoms with Crippen molar-refractivity contribution >= 4 is 27.6 Å². The zero-order valence-electron chi connectivity index (χ0n) is 16.2. The highest BCUT2D eigenvalue weighted by atomic mass is 32.2. The summed E-state index contributed by atoms with van der Waals surface area (Å²) in [5, 5.41) is 11.5. The number of hydrogen-bond donors (Lipinski definition) is 2. The number of sulfonamides is 1. The second kappa shape index (κ2) is 10.2. The molecule has 2 N–H and O–H groups in total. The molecule has 0 aliphatic rings. The zero-order chi connectivity index (χ0) is 22.1. The van der Waals surface area contributed by atoms with Crippen LogP contribution in [0.3, 0.4) is 0 Å². The maximum absolute atomic E-state index is 12.3. The number of rotatable bonds is 9. The number of hydrogen-bond acceptors (Lipinski definition) is 8. The molecule has 11 heteroatoms. The van der Waals surface area contributed by atoms with Crippen LogP contribution in [0.2, 0.25) is 0 Å². The molecule has 0 radical (unpaired) electrons. The topological polar surface area (TPSA) is 144 Å². The fourth-order valence-corrected chi connectivity index (χ4v) is 3.44. The van der Waals surface area contributed by atoms with Gasteiger partial charge >= 0.3 is 5.97 Å². The Hall–Kier alpha value is -3.62. The first-order valence-corrected chi connectivity index (χ1v) is 9.95. The smallest absolute Gasteiger partial charge is 0.321 e. The Kier molecular flexibility index (Phi) is 7.74. The monoisotopic (exact) mass is 433 g/mol. The Bertz CT molecular complexity index is 1080. The van der Waals surface area contributed by atoms with Crippen LogP contribution < -0.4 is 19.5 Å². The van der Waals surface area contributed by atoms with E-state index >= 15 is 0 Å². The van der Waals surface area contributed by atoms with Gasteiger partial charge in [0.05, 0.1) is 30.4 Å². The van der Waals surface area contributed by atoms with E-state index in [4.69, 9.17) is 19.5 Å². The minimum absolute atomic E-state index is 0.0648. The molecule has 158 valence electrons. The van der Waals surface area contributed by atoms with E-state index in [9.17, 15) is 18.0 Å². The molecule has 30 heavy (non-hydrogen) atoms. The number of esters is 1. The number of methoxy groups -OCH3 is 2. The van der Waals surface area contributed by atoms with Gasteiger partial charge < -0.3 is 19.5 Å². The quantitative estimate of drug-likeness (QED) is 0.558. The van der Waals surface area contributed by atoms with E-state index in [1.54, 1.807) is 18.2 Å². The molecule has 0 spiro atoms. The van der Waals surface area contributed by atoms with Gasteiger partial charge in [-0.25, -0.2) is 8.42 Å². The predicted octanol–water partition coefficient (Wildman–Crippen LogP) is 1.04. The van der Waals surface area contributed by atoms with E-state index in [-0.39, 0.29) is 10.5 Å². The van der Waals surface area contributed by atoms with Crippen LogP contribution in [-0.2, 0) is 24.3 Å². The molecular formula is C19H19N3O7S. The van der Waals surface area contributed by atoms with Gasteiger partial charge in [-0.2, -0.15) is 9.98 Å². The summed E-state index contributed by atoms with van der Waals surface area (Å²) in [6.45, 7) is -1.35. The number of ether oxygens (including phenoxy) is 3. The molecule has 0 aliphatic heterocycles. The van der Waals surface area contributed by atoms with Gasteiger partial charge in [0.15, 0.2) is 6.61 Å². The molecule has 10 nitrogen and oxygen atoms in total. The lowest BCUT2D eigenvalue weighted by molar-refractivity contribution is -0.146. The van der Waals surface area contributed by atoms with E-state index in [1.807, 2.05) is 4.72 Å². The Labute approximate surface area is 173 Å². The van der Waals surface area contributed by atoms with Gasteiger partial charge in [-0.05, 0) is 24.3 Å². The van der Waals surface area contributed by atoms with Crippen LogP contribution in [-0.4, -0.2) is 47.7 Å². The first-order chi connectivity index (χ1) is 14.3. The van der Waals surface area contributed by atoms with E-state index < -0.39 is 35.1 Å². The van der Waals surface area contributed by atoms with Crippen molar-refractivity contribution < 1.29 is 32.2 Å². The van der Waals surface area contributed by atoms with Crippen LogP contribution in [0.1, 0.15) is 5.56 Å². The van der Waals surface area contributed by atoms with Gasteiger partial charge in [-0.1, -0.05) is 12.1 Å². The average molecular weight is 433 g/mol. The molecular weight excluding hydrogens is 414 g/mol.